The van der Waals surface area contributed by atoms with Gasteiger partial charge in [0.25, 0.3) is 5.91 Å². The number of amides is 3. The predicted molar refractivity (Wildman–Crippen MR) is 131 cm³/mol. The number of benzene rings is 1. The SMILES string of the molecule is COc1ccc([C@@H]2CN(C(=O)c3ccc(C(F)(F)F)nc3)CC[C@H]2NC(=O)Nc2ccc(Cl)cc2)nc1. The molecule has 194 valence electrons. The van der Waals surface area contributed by atoms with E-state index in [2.05, 4.69) is 20.6 Å². The van der Waals surface area contributed by atoms with Gasteiger partial charge in [-0.1, -0.05) is 11.6 Å². The molecule has 1 saturated heterocycles. The number of hydrogen-bond acceptors (Lipinski definition) is 5. The molecule has 3 heterocycles. The molecule has 3 amide bonds. The number of hydrogen-bond donors (Lipinski definition) is 2. The normalized spacial score (nSPS) is 17.7. The van der Waals surface area contributed by atoms with Crippen molar-refractivity contribution in [3.63, 3.8) is 0 Å². The largest absolute Gasteiger partial charge is 0.495 e. The third-order valence-electron chi connectivity index (χ3n) is 5.99. The average molecular weight is 534 g/mol. The van der Waals surface area contributed by atoms with Gasteiger partial charge in [-0.2, -0.15) is 13.2 Å². The molecule has 0 bridgehead atoms. The number of aromatic nitrogens is 2. The van der Waals surface area contributed by atoms with E-state index in [0.717, 1.165) is 18.3 Å². The summed E-state index contributed by atoms with van der Waals surface area (Å²) in [6.45, 7) is 0.462. The quantitative estimate of drug-likeness (QED) is 0.482. The van der Waals surface area contributed by atoms with Crippen LogP contribution in [0.15, 0.2) is 60.9 Å². The van der Waals surface area contributed by atoms with Gasteiger partial charge in [0, 0.05) is 47.7 Å². The molecule has 3 aromatic rings. The number of methoxy groups -OCH3 is 1. The molecule has 1 aliphatic heterocycles. The maximum absolute atomic E-state index is 13.1. The molecule has 12 heteroatoms. The summed E-state index contributed by atoms with van der Waals surface area (Å²) in [6.07, 6.45) is -1.73. The Labute approximate surface area is 215 Å². The zero-order valence-electron chi connectivity index (χ0n) is 19.6. The van der Waals surface area contributed by atoms with E-state index >= 15 is 0 Å². The van der Waals surface area contributed by atoms with Gasteiger partial charge in [-0.3, -0.25) is 14.8 Å². The molecule has 2 N–H and O–H groups in total. The number of carbonyl (C=O) groups is 2. The number of halogens is 4. The summed E-state index contributed by atoms with van der Waals surface area (Å²) >= 11 is 5.89. The van der Waals surface area contributed by atoms with Crippen LogP contribution < -0.4 is 15.4 Å². The van der Waals surface area contributed by atoms with Crippen molar-refractivity contribution in [3.05, 3.63) is 82.9 Å². The molecule has 0 radical (unpaired) electrons. The van der Waals surface area contributed by atoms with E-state index in [0.29, 0.717) is 28.6 Å². The number of urea groups is 1. The fraction of sp³-hybridized carbons (Fsp3) is 0.280. The van der Waals surface area contributed by atoms with Crippen LogP contribution in [0.25, 0.3) is 0 Å². The van der Waals surface area contributed by atoms with Crippen molar-refractivity contribution >= 4 is 29.2 Å². The second-order valence-corrected chi connectivity index (χ2v) is 8.85. The summed E-state index contributed by atoms with van der Waals surface area (Å²) in [7, 11) is 1.52. The number of nitrogens with zero attached hydrogens (tertiary/aromatic N) is 3. The lowest BCUT2D eigenvalue weighted by Crippen LogP contribution is -2.52. The van der Waals surface area contributed by atoms with Crippen LogP contribution in [0, 0.1) is 0 Å². The number of ether oxygens (including phenoxy) is 1. The zero-order chi connectivity index (χ0) is 26.6. The minimum atomic E-state index is -4.59. The van der Waals surface area contributed by atoms with Crippen LogP contribution in [0.5, 0.6) is 5.75 Å². The summed E-state index contributed by atoms with van der Waals surface area (Å²) in [5.41, 5.74) is 0.157. The number of pyridine rings is 2. The average Bonchev–Trinajstić information content (AvgIpc) is 2.89. The van der Waals surface area contributed by atoms with E-state index in [1.807, 2.05) is 0 Å². The minimum Gasteiger partial charge on any atom is -0.495 e. The second kappa shape index (κ2) is 11.0. The molecule has 1 fully saturated rings. The number of rotatable bonds is 5. The first-order valence-electron chi connectivity index (χ1n) is 11.3. The van der Waals surface area contributed by atoms with Crippen molar-refractivity contribution < 1.29 is 27.5 Å². The topological polar surface area (TPSA) is 96.5 Å². The standard InChI is InChI=1S/C25H23ClF3N5O3/c1-37-18-7-8-20(30-13-18)19-14-34(23(35)15-2-9-22(31-12-15)25(27,28)29)11-10-21(19)33-24(36)32-17-5-3-16(26)4-6-17/h2-9,12-13,19,21H,10-11,14H2,1H3,(H2,32,33,36)/t19-,21+/m0/s1. The van der Waals surface area contributed by atoms with Crippen LogP contribution in [0.3, 0.4) is 0 Å². The first-order valence-corrected chi connectivity index (χ1v) is 11.7. The number of likely N-dealkylation sites (tertiary alicyclic amines) is 1. The lowest BCUT2D eigenvalue weighted by Gasteiger charge is -2.38. The molecule has 8 nitrogen and oxygen atoms in total. The van der Waals surface area contributed by atoms with Crippen molar-refractivity contribution in [3.8, 4) is 5.75 Å². The highest BCUT2D eigenvalue weighted by Gasteiger charge is 2.36. The van der Waals surface area contributed by atoms with Crippen LogP contribution in [-0.4, -0.2) is 53.0 Å². The molecule has 2 atom stereocenters. The Kier molecular flexibility index (Phi) is 7.82. The lowest BCUT2D eigenvalue weighted by molar-refractivity contribution is -0.141. The highest BCUT2D eigenvalue weighted by atomic mass is 35.5. The van der Waals surface area contributed by atoms with Gasteiger partial charge in [-0.25, -0.2) is 4.79 Å². The van der Waals surface area contributed by atoms with E-state index in [-0.39, 0.29) is 30.6 Å². The first kappa shape index (κ1) is 26.2. The van der Waals surface area contributed by atoms with E-state index in [9.17, 15) is 22.8 Å². The Morgan fingerprint density at radius 2 is 1.81 bits per heavy atom. The summed E-state index contributed by atoms with van der Waals surface area (Å²) < 4.78 is 43.7. The van der Waals surface area contributed by atoms with Gasteiger partial charge < -0.3 is 20.3 Å². The van der Waals surface area contributed by atoms with Crippen LogP contribution in [0.1, 0.15) is 34.1 Å². The molecular formula is C25H23ClF3N5O3. The summed E-state index contributed by atoms with van der Waals surface area (Å²) in [5.74, 6) is -0.293. The van der Waals surface area contributed by atoms with Gasteiger partial charge in [0.1, 0.15) is 11.4 Å². The number of nitrogens with one attached hydrogen (secondary N) is 2. The monoisotopic (exact) mass is 533 g/mol. The van der Waals surface area contributed by atoms with E-state index < -0.39 is 23.8 Å². The van der Waals surface area contributed by atoms with Crippen LogP contribution in [0.2, 0.25) is 5.02 Å². The van der Waals surface area contributed by atoms with E-state index in [4.69, 9.17) is 16.3 Å². The number of alkyl halides is 3. The van der Waals surface area contributed by atoms with Crippen LogP contribution in [0.4, 0.5) is 23.7 Å². The van der Waals surface area contributed by atoms with Crippen LogP contribution in [-0.2, 0) is 6.18 Å². The van der Waals surface area contributed by atoms with E-state index in [1.165, 1.54) is 12.0 Å². The smallest absolute Gasteiger partial charge is 0.433 e. The Bertz CT molecular complexity index is 1240. The van der Waals surface area contributed by atoms with Gasteiger partial charge in [0.2, 0.25) is 0 Å². The van der Waals surface area contributed by atoms with Crippen molar-refractivity contribution in [1.82, 2.24) is 20.2 Å². The van der Waals surface area contributed by atoms with Crippen molar-refractivity contribution in [2.75, 3.05) is 25.5 Å². The Morgan fingerprint density at radius 3 is 2.41 bits per heavy atom. The van der Waals surface area contributed by atoms with Crippen molar-refractivity contribution in [1.29, 1.82) is 0 Å². The van der Waals surface area contributed by atoms with Crippen LogP contribution >= 0.6 is 11.6 Å². The number of anilines is 1. The van der Waals surface area contributed by atoms with Gasteiger partial charge in [-0.05, 0) is 55.0 Å². The summed E-state index contributed by atoms with van der Waals surface area (Å²) in [4.78, 5) is 35.2. The zero-order valence-corrected chi connectivity index (χ0v) is 20.4. The molecule has 0 aliphatic carbocycles. The molecule has 0 unspecified atom stereocenters. The van der Waals surface area contributed by atoms with Crippen molar-refractivity contribution in [2.45, 2.75) is 24.6 Å². The Balaban J connectivity index is 1.51. The fourth-order valence-corrected chi connectivity index (χ4v) is 4.21. The summed E-state index contributed by atoms with van der Waals surface area (Å²) in [6, 6.07) is 11.2. The third kappa shape index (κ3) is 6.48. The van der Waals surface area contributed by atoms with E-state index in [1.54, 1.807) is 42.6 Å². The highest BCUT2D eigenvalue weighted by molar-refractivity contribution is 6.30. The molecule has 0 saturated carbocycles. The molecule has 1 aliphatic rings. The fourth-order valence-electron chi connectivity index (χ4n) is 4.08. The molecular weight excluding hydrogens is 511 g/mol. The number of piperidine rings is 1. The van der Waals surface area contributed by atoms with Gasteiger partial charge in [0.05, 0.1) is 18.9 Å². The Hall–Kier alpha value is -3.86. The molecule has 4 rings (SSSR count). The highest BCUT2D eigenvalue weighted by Crippen LogP contribution is 2.30. The number of carbonyl (C=O) groups excluding carboxylic acids is 2. The first-order chi connectivity index (χ1) is 17.6. The third-order valence-corrected chi connectivity index (χ3v) is 6.25. The van der Waals surface area contributed by atoms with Gasteiger partial charge in [0.15, 0.2) is 0 Å². The summed E-state index contributed by atoms with van der Waals surface area (Å²) in [5, 5.41) is 6.25. The maximum atomic E-state index is 13.1. The molecule has 0 spiro atoms. The lowest BCUT2D eigenvalue weighted by atomic mass is 9.88. The molecule has 2 aromatic heterocycles. The molecule has 37 heavy (non-hydrogen) atoms. The van der Waals surface area contributed by atoms with Gasteiger partial charge >= 0.3 is 12.2 Å². The molecule has 1 aromatic carbocycles. The van der Waals surface area contributed by atoms with Crippen molar-refractivity contribution in [2.24, 2.45) is 0 Å². The maximum Gasteiger partial charge on any atom is 0.433 e. The van der Waals surface area contributed by atoms with Gasteiger partial charge in [-0.15, -0.1) is 0 Å². The second-order valence-electron chi connectivity index (χ2n) is 8.41. The predicted octanol–water partition coefficient (Wildman–Crippen LogP) is 4.98. The Morgan fingerprint density at radius 1 is 1.05 bits per heavy atom. The minimum absolute atomic E-state index is 0.0429.